The highest BCUT2D eigenvalue weighted by molar-refractivity contribution is 7.99. The molecule has 0 radical (unpaired) electrons. The highest BCUT2D eigenvalue weighted by atomic mass is 32.2. The quantitative estimate of drug-likeness (QED) is 0.433. The molecule has 0 unspecified atom stereocenters. The standard InChI is InChI=1S/C26H26O4S/c1-18-13-23(11-12-25(18)29-17-26(27)28)31-24-15-20(19-7-3-2-4-8-19)14-22(16-24)30-21-9-5-6-10-21/h2-4,7-8,11-16,21H,5-6,9-10,17H2,1H3,(H,27,28). The van der Waals surface area contributed by atoms with Crippen LogP contribution in [0.2, 0.25) is 0 Å². The Hall–Kier alpha value is -2.92. The van der Waals surface area contributed by atoms with E-state index in [-0.39, 0.29) is 6.61 Å². The average molecular weight is 435 g/mol. The van der Waals surface area contributed by atoms with Crippen LogP contribution in [0.25, 0.3) is 11.1 Å². The van der Waals surface area contributed by atoms with Gasteiger partial charge in [0.1, 0.15) is 11.5 Å². The van der Waals surface area contributed by atoms with Crippen LogP contribution < -0.4 is 9.47 Å². The minimum absolute atomic E-state index is 0.303. The van der Waals surface area contributed by atoms with Gasteiger partial charge in [-0.05, 0) is 85.7 Å². The summed E-state index contributed by atoms with van der Waals surface area (Å²) in [5.74, 6) is 0.522. The van der Waals surface area contributed by atoms with Crippen molar-refractivity contribution in [2.45, 2.75) is 48.5 Å². The van der Waals surface area contributed by atoms with E-state index >= 15 is 0 Å². The Morgan fingerprint density at radius 2 is 1.74 bits per heavy atom. The first kappa shape index (κ1) is 21.3. The smallest absolute Gasteiger partial charge is 0.341 e. The molecule has 0 aromatic heterocycles. The summed E-state index contributed by atoms with van der Waals surface area (Å²) in [4.78, 5) is 12.9. The molecule has 31 heavy (non-hydrogen) atoms. The van der Waals surface area contributed by atoms with Crippen molar-refractivity contribution in [2.75, 3.05) is 6.61 Å². The molecule has 0 atom stereocenters. The number of aliphatic carboxylic acids is 1. The van der Waals surface area contributed by atoms with Gasteiger partial charge in [0.2, 0.25) is 0 Å². The molecule has 5 heteroatoms. The number of benzene rings is 3. The maximum Gasteiger partial charge on any atom is 0.341 e. The summed E-state index contributed by atoms with van der Waals surface area (Å²) in [5.41, 5.74) is 3.21. The van der Waals surface area contributed by atoms with Gasteiger partial charge in [0.25, 0.3) is 0 Å². The van der Waals surface area contributed by atoms with E-state index in [1.165, 1.54) is 12.8 Å². The highest BCUT2D eigenvalue weighted by Crippen LogP contribution is 2.37. The van der Waals surface area contributed by atoms with Gasteiger partial charge in [-0.25, -0.2) is 4.79 Å². The van der Waals surface area contributed by atoms with Crippen LogP contribution in [0.5, 0.6) is 11.5 Å². The van der Waals surface area contributed by atoms with Gasteiger partial charge in [0.15, 0.2) is 6.61 Å². The van der Waals surface area contributed by atoms with Gasteiger partial charge in [-0.2, -0.15) is 0 Å². The lowest BCUT2D eigenvalue weighted by Crippen LogP contribution is -2.10. The number of rotatable bonds is 8. The Labute approximate surface area is 187 Å². The van der Waals surface area contributed by atoms with Gasteiger partial charge in [0.05, 0.1) is 6.10 Å². The fourth-order valence-corrected chi connectivity index (χ4v) is 4.82. The van der Waals surface area contributed by atoms with E-state index in [1.807, 2.05) is 43.3 Å². The maximum absolute atomic E-state index is 10.8. The number of hydrogen-bond donors (Lipinski definition) is 1. The molecule has 0 amide bonds. The first-order valence-electron chi connectivity index (χ1n) is 10.6. The maximum atomic E-state index is 10.8. The van der Waals surface area contributed by atoms with Crippen molar-refractivity contribution in [1.82, 2.24) is 0 Å². The molecule has 160 valence electrons. The summed E-state index contributed by atoms with van der Waals surface area (Å²) in [7, 11) is 0. The molecule has 1 N–H and O–H groups in total. The fourth-order valence-electron chi connectivity index (χ4n) is 3.82. The zero-order valence-corrected chi connectivity index (χ0v) is 18.4. The predicted octanol–water partition coefficient (Wildman–Crippen LogP) is 6.60. The van der Waals surface area contributed by atoms with Crippen LogP contribution in [0.4, 0.5) is 0 Å². The van der Waals surface area contributed by atoms with Crippen molar-refractivity contribution in [2.24, 2.45) is 0 Å². The molecule has 0 bridgehead atoms. The van der Waals surface area contributed by atoms with Crippen LogP contribution in [-0.4, -0.2) is 23.8 Å². The number of carboxylic acids is 1. The topological polar surface area (TPSA) is 55.8 Å². The molecule has 3 aromatic rings. The third-order valence-electron chi connectivity index (χ3n) is 5.33. The minimum Gasteiger partial charge on any atom is -0.490 e. The second-order valence-electron chi connectivity index (χ2n) is 7.80. The molecule has 1 aliphatic rings. The summed E-state index contributed by atoms with van der Waals surface area (Å²) in [6.07, 6.45) is 5.02. The molecular weight excluding hydrogens is 408 g/mol. The van der Waals surface area contributed by atoms with Crippen molar-refractivity contribution in [3.8, 4) is 22.6 Å². The summed E-state index contributed by atoms with van der Waals surface area (Å²) in [6.45, 7) is 1.59. The Bertz CT molecular complexity index is 1040. The van der Waals surface area contributed by atoms with E-state index < -0.39 is 5.97 Å². The molecule has 0 spiro atoms. The van der Waals surface area contributed by atoms with E-state index in [2.05, 4.69) is 30.3 Å². The first-order valence-corrected chi connectivity index (χ1v) is 11.4. The lowest BCUT2D eigenvalue weighted by Gasteiger charge is -2.16. The Morgan fingerprint density at radius 3 is 2.45 bits per heavy atom. The predicted molar refractivity (Wildman–Crippen MR) is 123 cm³/mol. The monoisotopic (exact) mass is 434 g/mol. The summed E-state index contributed by atoms with van der Waals surface area (Å²) >= 11 is 1.66. The van der Waals surface area contributed by atoms with Gasteiger partial charge >= 0.3 is 5.97 Å². The lowest BCUT2D eigenvalue weighted by molar-refractivity contribution is -0.139. The zero-order chi connectivity index (χ0) is 21.6. The Morgan fingerprint density at radius 1 is 0.968 bits per heavy atom. The van der Waals surface area contributed by atoms with E-state index in [1.54, 1.807) is 11.8 Å². The third-order valence-corrected chi connectivity index (χ3v) is 6.29. The fraction of sp³-hybridized carbons (Fsp3) is 0.269. The van der Waals surface area contributed by atoms with E-state index in [4.69, 9.17) is 14.6 Å². The van der Waals surface area contributed by atoms with Crippen LogP contribution in [0.15, 0.2) is 76.5 Å². The molecule has 3 aromatic carbocycles. The zero-order valence-electron chi connectivity index (χ0n) is 17.5. The SMILES string of the molecule is Cc1cc(Sc2cc(OC3CCCC3)cc(-c3ccccc3)c2)ccc1OCC(=O)O. The Kier molecular flexibility index (Phi) is 6.82. The molecule has 0 saturated heterocycles. The third kappa shape index (κ3) is 5.82. The molecular formula is C26H26O4S. The number of ether oxygens (including phenoxy) is 2. The van der Waals surface area contributed by atoms with E-state index in [9.17, 15) is 4.79 Å². The molecule has 1 fully saturated rings. The van der Waals surface area contributed by atoms with Gasteiger partial charge in [-0.3, -0.25) is 0 Å². The number of aryl methyl sites for hydroxylation is 1. The molecule has 1 saturated carbocycles. The summed E-state index contributed by atoms with van der Waals surface area (Å²) < 4.78 is 11.7. The largest absolute Gasteiger partial charge is 0.490 e. The number of carbonyl (C=O) groups is 1. The van der Waals surface area contributed by atoms with Gasteiger partial charge in [-0.15, -0.1) is 0 Å². The van der Waals surface area contributed by atoms with Crippen LogP contribution in [-0.2, 0) is 4.79 Å². The van der Waals surface area contributed by atoms with Crippen LogP contribution in [0.1, 0.15) is 31.2 Å². The number of carboxylic acid groups (broad SMARTS) is 1. The van der Waals surface area contributed by atoms with Crippen LogP contribution in [0, 0.1) is 6.92 Å². The molecule has 4 nitrogen and oxygen atoms in total. The second-order valence-corrected chi connectivity index (χ2v) is 8.94. The van der Waals surface area contributed by atoms with Crippen molar-refractivity contribution in [3.63, 3.8) is 0 Å². The van der Waals surface area contributed by atoms with Gasteiger partial charge in [-0.1, -0.05) is 42.1 Å². The van der Waals surface area contributed by atoms with Crippen molar-refractivity contribution >= 4 is 17.7 Å². The summed E-state index contributed by atoms with van der Waals surface area (Å²) in [5, 5.41) is 8.82. The highest BCUT2D eigenvalue weighted by Gasteiger charge is 2.17. The van der Waals surface area contributed by atoms with Crippen molar-refractivity contribution in [3.05, 3.63) is 72.3 Å². The molecule has 4 rings (SSSR count). The molecule has 0 heterocycles. The Balaban J connectivity index is 1.59. The normalized spacial score (nSPS) is 13.8. The first-order chi connectivity index (χ1) is 15.1. The second kappa shape index (κ2) is 9.92. The van der Waals surface area contributed by atoms with Crippen molar-refractivity contribution < 1.29 is 19.4 Å². The van der Waals surface area contributed by atoms with Crippen LogP contribution in [0.3, 0.4) is 0 Å². The van der Waals surface area contributed by atoms with Gasteiger partial charge in [0, 0.05) is 9.79 Å². The van der Waals surface area contributed by atoms with Crippen LogP contribution >= 0.6 is 11.8 Å². The van der Waals surface area contributed by atoms with Crippen molar-refractivity contribution in [1.29, 1.82) is 0 Å². The van der Waals surface area contributed by atoms with E-state index in [0.29, 0.717) is 11.9 Å². The molecule has 1 aliphatic carbocycles. The lowest BCUT2D eigenvalue weighted by atomic mass is 10.1. The average Bonchev–Trinajstić information content (AvgIpc) is 3.26. The van der Waals surface area contributed by atoms with Gasteiger partial charge < -0.3 is 14.6 Å². The number of hydrogen-bond acceptors (Lipinski definition) is 4. The summed E-state index contributed by atoms with van der Waals surface area (Å²) in [6, 6.07) is 22.6. The van der Waals surface area contributed by atoms with E-state index in [0.717, 1.165) is 45.1 Å². The minimum atomic E-state index is -0.981. The molecule has 0 aliphatic heterocycles.